The number of likely N-dealkylation sites (N-methyl/N-ethyl adjacent to an activating group) is 1. The second-order valence-electron chi connectivity index (χ2n) is 13.9. The molecule has 0 rings (SSSR count). The Labute approximate surface area is 289 Å². The lowest BCUT2D eigenvalue weighted by atomic mass is 10.1. The van der Waals surface area contributed by atoms with Crippen molar-refractivity contribution in [2.75, 3.05) is 40.9 Å². The molecular formula is C38H73N2O6P. The first-order valence-corrected chi connectivity index (χ1v) is 20.3. The van der Waals surface area contributed by atoms with Crippen LogP contribution in [-0.4, -0.2) is 68.5 Å². The largest absolute Gasteiger partial charge is 0.756 e. The van der Waals surface area contributed by atoms with Crippen LogP contribution in [0.15, 0.2) is 36.5 Å². The number of amides is 1. The van der Waals surface area contributed by atoms with Crippen molar-refractivity contribution in [3.63, 3.8) is 0 Å². The van der Waals surface area contributed by atoms with Gasteiger partial charge >= 0.3 is 0 Å². The SMILES string of the molecule is CCCCCC/C=C\CCCCCCCC(=O)NC(COP(=O)([O-])OCC[N+](C)(C)C)C(O)/C=C/CC/C=C/CCCCCCCC. The molecule has 276 valence electrons. The van der Waals surface area contributed by atoms with E-state index in [2.05, 4.69) is 43.5 Å². The Bertz CT molecular complexity index is 871. The number of carbonyl (C=O) groups is 1. The van der Waals surface area contributed by atoms with Crippen molar-refractivity contribution in [1.82, 2.24) is 5.32 Å². The van der Waals surface area contributed by atoms with E-state index in [0.29, 0.717) is 17.4 Å². The maximum atomic E-state index is 12.7. The summed E-state index contributed by atoms with van der Waals surface area (Å²) in [7, 11) is 1.23. The number of hydrogen-bond acceptors (Lipinski definition) is 6. The summed E-state index contributed by atoms with van der Waals surface area (Å²) in [5, 5.41) is 13.6. The molecule has 3 unspecified atom stereocenters. The number of unbranched alkanes of at least 4 members (excludes halogenated alkanes) is 16. The van der Waals surface area contributed by atoms with Crippen LogP contribution in [0.25, 0.3) is 0 Å². The van der Waals surface area contributed by atoms with Crippen LogP contribution in [0.5, 0.6) is 0 Å². The Balaban J connectivity index is 4.62. The third-order valence-electron chi connectivity index (χ3n) is 8.07. The van der Waals surface area contributed by atoms with Crippen LogP contribution in [-0.2, 0) is 18.4 Å². The molecule has 9 heteroatoms. The zero-order valence-corrected chi connectivity index (χ0v) is 31.9. The molecule has 8 nitrogen and oxygen atoms in total. The van der Waals surface area contributed by atoms with Crippen LogP contribution < -0.4 is 10.2 Å². The fraction of sp³-hybridized carbons (Fsp3) is 0.816. The van der Waals surface area contributed by atoms with Gasteiger partial charge in [-0.05, 0) is 57.8 Å². The van der Waals surface area contributed by atoms with Gasteiger partial charge in [-0.3, -0.25) is 9.36 Å². The summed E-state index contributed by atoms with van der Waals surface area (Å²) in [6.45, 7) is 4.55. The summed E-state index contributed by atoms with van der Waals surface area (Å²) in [6, 6.07) is -0.903. The highest BCUT2D eigenvalue weighted by molar-refractivity contribution is 7.45. The van der Waals surface area contributed by atoms with Crippen LogP contribution in [0, 0.1) is 0 Å². The number of phosphoric ester groups is 1. The predicted molar refractivity (Wildman–Crippen MR) is 196 cm³/mol. The molecule has 0 aliphatic rings. The van der Waals surface area contributed by atoms with Gasteiger partial charge in [-0.2, -0.15) is 0 Å². The summed E-state index contributed by atoms with van der Waals surface area (Å²) in [5.41, 5.74) is 0. The Kier molecular flexibility index (Phi) is 29.9. The summed E-state index contributed by atoms with van der Waals surface area (Å²) in [5.74, 6) is -0.221. The molecule has 0 bridgehead atoms. The van der Waals surface area contributed by atoms with Crippen LogP contribution in [0.4, 0.5) is 0 Å². The molecule has 0 radical (unpaired) electrons. The summed E-state index contributed by atoms with van der Waals surface area (Å²) in [6.07, 6.45) is 34.7. The highest BCUT2D eigenvalue weighted by Gasteiger charge is 2.23. The Morgan fingerprint density at radius 1 is 0.723 bits per heavy atom. The van der Waals surface area contributed by atoms with Gasteiger partial charge in [0.25, 0.3) is 7.82 Å². The fourth-order valence-corrected chi connectivity index (χ4v) is 5.71. The zero-order valence-electron chi connectivity index (χ0n) is 31.0. The van der Waals surface area contributed by atoms with Gasteiger partial charge < -0.3 is 28.8 Å². The molecule has 0 fully saturated rings. The van der Waals surface area contributed by atoms with Gasteiger partial charge in [0.2, 0.25) is 5.91 Å². The number of aliphatic hydroxyl groups excluding tert-OH is 1. The van der Waals surface area contributed by atoms with Crippen molar-refractivity contribution in [3.05, 3.63) is 36.5 Å². The van der Waals surface area contributed by atoms with E-state index in [1.807, 2.05) is 27.2 Å². The number of rotatable bonds is 33. The molecule has 0 aromatic heterocycles. The van der Waals surface area contributed by atoms with Crippen molar-refractivity contribution in [3.8, 4) is 0 Å². The van der Waals surface area contributed by atoms with E-state index in [1.165, 1.54) is 70.6 Å². The monoisotopic (exact) mass is 685 g/mol. The number of aliphatic hydroxyl groups is 1. The third kappa shape index (κ3) is 33.0. The summed E-state index contributed by atoms with van der Waals surface area (Å²) < 4.78 is 23.0. The van der Waals surface area contributed by atoms with Crippen LogP contribution in [0.2, 0.25) is 0 Å². The lowest BCUT2D eigenvalue weighted by Crippen LogP contribution is -2.45. The van der Waals surface area contributed by atoms with Crippen molar-refractivity contribution in [2.45, 2.75) is 161 Å². The average Bonchev–Trinajstić information content (AvgIpc) is 3.01. The first kappa shape index (κ1) is 45.7. The zero-order chi connectivity index (χ0) is 35.1. The minimum absolute atomic E-state index is 0.00846. The quantitative estimate of drug-likeness (QED) is 0.0309. The molecule has 0 aliphatic heterocycles. The summed E-state index contributed by atoms with van der Waals surface area (Å²) >= 11 is 0. The second kappa shape index (κ2) is 30.8. The maximum absolute atomic E-state index is 12.7. The maximum Gasteiger partial charge on any atom is 0.268 e. The highest BCUT2D eigenvalue weighted by Crippen LogP contribution is 2.38. The van der Waals surface area contributed by atoms with Crippen LogP contribution in [0.3, 0.4) is 0 Å². The fourth-order valence-electron chi connectivity index (χ4n) is 4.98. The Morgan fingerprint density at radius 2 is 1.19 bits per heavy atom. The van der Waals surface area contributed by atoms with E-state index in [1.54, 1.807) is 6.08 Å². The molecule has 0 aromatic carbocycles. The van der Waals surface area contributed by atoms with Gasteiger partial charge in [-0.25, -0.2) is 0 Å². The number of allylic oxidation sites excluding steroid dienone is 5. The molecule has 0 aliphatic carbocycles. The topological polar surface area (TPSA) is 108 Å². The van der Waals surface area contributed by atoms with E-state index < -0.39 is 26.6 Å². The van der Waals surface area contributed by atoms with Gasteiger partial charge in [-0.1, -0.05) is 121 Å². The summed E-state index contributed by atoms with van der Waals surface area (Å²) in [4.78, 5) is 25.1. The lowest BCUT2D eigenvalue weighted by Gasteiger charge is -2.29. The Hall–Kier alpha value is -1.28. The first-order valence-electron chi connectivity index (χ1n) is 18.9. The molecule has 1 amide bonds. The number of phosphoric acid groups is 1. The van der Waals surface area contributed by atoms with Crippen molar-refractivity contribution < 1.29 is 32.9 Å². The lowest BCUT2D eigenvalue weighted by molar-refractivity contribution is -0.870. The minimum atomic E-state index is -4.59. The van der Waals surface area contributed by atoms with E-state index in [9.17, 15) is 19.4 Å². The van der Waals surface area contributed by atoms with Gasteiger partial charge in [0.1, 0.15) is 13.2 Å². The number of carbonyl (C=O) groups excluding carboxylic acids is 1. The number of quaternary nitrogens is 1. The van der Waals surface area contributed by atoms with Crippen LogP contribution >= 0.6 is 7.82 Å². The smallest absolute Gasteiger partial charge is 0.268 e. The molecule has 47 heavy (non-hydrogen) atoms. The van der Waals surface area contributed by atoms with Gasteiger partial charge in [0.15, 0.2) is 0 Å². The number of nitrogens with one attached hydrogen (secondary N) is 1. The predicted octanol–water partition coefficient (Wildman–Crippen LogP) is 8.94. The first-order chi connectivity index (χ1) is 22.5. The second-order valence-corrected chi connectivity index (χ2v) is 15.3. The molecule has 0 spiro atoms. The van der Waals surface area contributed by atoms with Crippen molar-refractivity contribution in [1.29, 1.82) is 0 Å². The normalized spacial score (nSPS) is 15.1. The van der Waals surface area contributed by atoms with Crippen molar-refractivity contribution >= 4 is 13.7 Å². The molecule has 0 saturated heterocycles. The van der Waals surface area contributed by atoms with E-state index in [4.69, 9.17) is 9.05 Å². The number of hydrogen-bond donors (Lipinski definition) is 2. The molecule has 0 heterocycles. The highest BCUT2D eigenvalue weighted by atomic mass is 31.2. The Morgan fingerprint density at radius 3 is 1.74 bits per heavy atom. The molecular weight excluding hydrogens is 611 g/mol. The van der Waals surface area contributed by atoms with E-state index >= 15 is 0 Å². The number of nitrogens with zero attached hydrogens (tertiary/aromatic N) is 1. The van der Waals surface area contributed by atoms with Gasteiger partial charge in [0, 0.05) is 6.42 Å². The van der Waals surface area contributed by atoms with Crippen molar-refractivity contribution in [2.24, 2.45) is 0 Å². The average molecular weight is 685 g/mol. The molecule has 0 aromatic rings. The van der Waals surface area contributed by atoms with Gasteiger partial charge in [-0.15, -0.1) is 0 Å². The molecule has 0 saturated carbocycles. The standard InChI is InChI=1S/C38H73N2O6P/c1-6-8-10-12-14-16-18-20-22-24-26-28-30-32-38(42)39-36(35-46-47(43,44)45-34-33-40(3,4)5)37(41)31-29-27-25-23-21-19-17-15-13-11-9-7-2/h16,18,21,23,29,31,36-37,41H,6-15,17,19-20,22,24-28,30,32-35H2,1-5H3,(H-,39,42,43,44)/b18-16-,23-21+,31-29+. The van der Waals surface area contributed by atoms with Gasteiger partial charge in [0.05, 0.1) is 39.9 Å². The molecule has 2 N–H and O–H groups in total. The van der Waals surface area contributed by atoms with Crippen LogP contribution in [0.1, 0.15) is 149 Å². The third-order valence-corrected chi connectivity index (χ3v) is 9.04. The molecule has 3 atom stereocenters. The van der Waals surface area contributed by atoms with E-state index in [0.717, 1.165) is 57.8 Å². The minimum Gasteiger partial charge on any atom is -0.756 e. The van der Waals surface area contributed by atoms with E-state index in [-0.39, 0.29) is 12.5 Å².